The normalized spacial score (nSPS) is 10.5. The maximum Gasteiger partial charge on any atom is 0.338 e. The van der Waals surface area contributed by atoms with Crippen molar-refractivity contribution in [3.8, 4) is 0 Å². The molecule has 0 unspecified atom stereocenters. The molecule has 0 aliphatic rings. The van der Waals surface area contributed by atoms with Crippen molar-refractivity contribution in [3.63, 3.8) is 0 Å². The summed E-state index contributed by atoms with van der Waals surface area (Å²) < 4.78 is 5.33. The van der Waals surface area contributed by atoms with E-state index in [0.717, 1.165) is 22.3 Å². The van der Waals surface area contributed by atoms with Crippen LogP contribution in [0.1, 0.15) is 32.6 Å². The predicted octanol–water partition coefficient (Wildman–Crippen LogP) is 4.20. The third kappa shape index (κ3) is 3.56. The molecule has 0 saturated carbocycles. The Balaban J connectivity index is 2.13. The molecule has 0 saturated heterocycles. The van der Waals surface area contributed by atoms with Gasteiger partial charge in [0.1, 0.15) is 6.61 Å². The summed E-state index contributed by atoms with van der Waals surface area (Å²) in [6.07, 6.45) is 0. The molecule has 0 fully saturated rings. The molecule has 0 aliphatic heterocycles. The highest BCUT2D eigenvalue weighted by Crippen LogP contribution is 2.21. The zero-order valence-electron chi connectivity index (χ0n) is 12.4. The Morgan fingerprint density at radius 2 is 1.86 bits per heavy atom. The van der Waals surface area contributed by atoms with Gasteiger partial charge in [0, 0.05) is 16.3 Å². The van der Waals surface area contributed by atoms with Gasteiger partial charge in [-0.05, 0) is 49.6 Å². The first-order valence-corrected chi connectivity index (χ1v) is 7.05. The molecule has 2 N–H and O–H groups in total. The van der Waals surface area contributed by atoms with Crippen molar-refractivity contribution >= 4 is 23.3 Å². The summed E-state index contributed by atoms with van der Waals surface area (Å²) in [6.45, 7) is 5.87. The molecule has 0 atom stereocenters. The van der Waals surface area contributed by atoms with E-state index in [-0.39, 0.29) is 6.61 Å². The van der Waals surface area contributed by atoms with Crippen LogP contribution in [0, 0.1) is 20.8 Å². The maximum absolute atomic E-state index is 12.2. The molecule has 3 nitrogen and oxygen atoms in total. The lowest BCUT2D eigenvalue weighted by Crippen LogP contribution is -2.09. The Morgan fingerprint density at radius 1 is 1.14 bits per heavy atom. The average Bonchev–Trinajstić information content (AvgIpc) is 2.41. The quantitative estimate of drug-likeness (QED) is 0.683. The summed E-state index contributed by atoms with van der Waals surface area (Å²) in [6, 6.07) is 9.18. The van der Waals surface area contributed by atoms with Gasteiger partial charge < -0.3 is 10.5 Å². The number of ether oxygens (including phenoxy) is 1. The van der Waals surface area contributed by atoms with Crippen LogP contribution in [0.2, 0.25) is 5.02 Å². The van der Waals surface area contributed by atoms with Gasteiger partial charge in [0.2, 0.25) is 0 Å². The van der Waals surface area contributed by atoms with Crippen molar-refractivity contribution in [1.29, 1.82) is 0 Å². The molecule has 4 heteroatoms. The fourth-order valence-corrected chi connectivity index (χ4v) is 2.37. The van der Waals surface area contributed by atoms with E-state index in [1.165, 1.54) is 0 Å². The van der Waals surface area contributed by atoms with E-state index in [9.17, 15) is 4.79 Å². The Labute approximate surface area is 129 Å². The van der Waals surface area contributed by atoms with E-state index in [1.54, 1.807) is 6.07 Å². The van der Waals surface area contributed by atoms with Crippen molar-refractivity contribution in [3.05, 3.63) is 63.2 Å². The van der Waals surface area contributed by atoms with Crippen LogP contribution in [0.5, 0.6) is 0 Å². The number of rotatable bonds is 3. The highest BCUT2D eigenvalue weighted by molar-refractivity contribution is 6.31. The predicted molar refractivity (Wildman–Crippen MR) is 85.6 cm³/mol. The third-order valence-corrected chi connectivity index (χ3v) is 3.75. The van der Waals surface area contributed by atoms with Gasteiger partial charge in [-0.15, -0.1) is 0 Å². The van der Waals surface area contributed by atoms with Gasteiger partial charge in [-0.1, -0.05) is 29.8 Å². The summed E-state index contributed by atoms with van der Waals surface area (Å²) in [4.78, 5) is 12.2. The van der Waals surface area contributed by atoms with Gasteiger partial charge in [0.25, 0.3) is 0 Å². The first-order valence-electron chi connectivity index (χ1n) is 6.67. The number of halogens is 1. The minimum atomic E-state index is -0.393. The zero-order chi connectivity index (χ0) is 15.6. The number of carbonyl (C=O) groups is 1. The highest BCUT2D eigenvalue weighted by Gasteiger charge is 2.13. The van der Waals surface area contributed by atoms with E-state index in [0.29, 0.717) is 16.3 Å². The van der Waals surface area contributed by atoms with Crippen LogP contribution < -0.4 is 5.73 Å². The van der Waals surface area contributed by atoms with Crippen LogP contribution in [-0.4, -0.2) is 5.97 Å². The third-order valence-electron chi connectivity index (χ3n) is 3.40. The fourth-order valence-electron chi connectivity index (χ4n) is 2.08. The lowest BCUT2D eigenvalue weighted by Gasteiger charge is -2.11. The van der Waals surface area contributed by atoms with Gasteiger partial charge in [-0.2, -0.15) is 0 Å². The second kappa shape index (κ2) is 6.19. The van der Waals surface area contributed by atoms with Crippen molar-refractivity contribution in [2.45, 2.75) is 27.4 Å². The van der Waals surface area contributed by atoms with Gasteiger partial charge >= 0.3 is 5.97 Å². The summed E-state index contributed by atoms with van der Waals surface area (Å²) in [7, 11) is 0. The molecular formula is C17H18ClNO2. The number of hydrogen-bond donors (Lipinski definition) is 1. The van der Waals surface area contributed by atoms with E-state index in [1.807, 2.05) is 45.0 Å². The molecular weight excluding hydrogens is 286 g/mol. The molecule has 0 aromatic heterocycles. The maximum atomic E-state index is 12.2. The molecule has 0 radical (unpaired) electrons. The lowest BCUT2D eigenvalue weighted by atomic mass is 10.0. The van der Waals surface area contributed by atoms with Crippen LogP contribution in [0.4, 0.5) is 5.69 Å². The lowest BCUT2D eigenvalue weighted by molar-refractivity contribution is 0.0472. The number of nitrogens with two attached hydrogens (primary N) is 1. The molecule has 0 amide bonds. The average molecular weight is 304 g/mol. The van der Waals surface area contributed by atoms with Crippen molar-refractivity contribution in [2.75, 3.05) is 5.73 Å². The monoisotopic (exact) mass is 303 g/mol. The standard InChI is InChI=1S/C17H18ClNO2/c1-10-4-5-13(15(18)6-10)9-21-17(20)14-8-16(19)12(3)7-11(14)2/h4-8H,9,19H2,1-3H3. The van der Waals surface area contributed by atoms with Crippen molar-refractivity contribution in [1.82, 2.24) is 0 Å². The summed E-state index contributed by atoms with van der Waals surface area (Å²) in [5.74, 6) is -0.393. The molecule has 0 heterocycles. The fraction of sp³-hybridized carbons (Fsp3) is 0.235. The van der Waals surface area contributed by atoms with Crippen molar-refractivity contribution < 1.29 is 9.53 Å². The zero-order valence-corrected chi connectivity index (χ0v) is 13.1. The van der Waals surface area contributed by atoms with Crippen LogP contribution in [0.3, 0.4) is 0 Å². The molecule has 0 bridgehead atoms. The summed E-state index contributed by atoms with van der Waals surface area (Å²) in [5, 5.41) is 0.600. The molecule has 2 aromatic carbocycles. The second-order valence-electron chi connectivity index (χ2n) is 5.19. The first-order chi connectivity index (χ1) is 9.88. The van der Waals surface area contributed by atoms with E-state index >= 15 is 0 Å². The molecule has 110 valence electrons. The number of anilines is 1. The van der Waals surface area contributed by atoms with Crippen molar-refractivity contribution in [2.24, 2.45) is 0 Å². The van der Waals surface area contributed by atoms with E-state index in [2.05, 4.69) is 0 Å². The Kier molecular flexibility index (Phi) is 4.53. The number of benzene rings is 2. The van der Waals surface area contributed by atoms with Gasteiger partial charge in [0.05, 0.1) is 5.56 Å². The minimum Gasteiger partial charge on any atom is -0.457 e. The Bertz CT molecular complexity index is 695. The molecule has 0 spiro atoms. The molecule has 0 aliphatic carbocycles. The van der Waals surface area contributed by atoms with Gasteiger partial charge in [-0.25, -0.2) is 4.79 Å². The minimum absolute atomic E-state index is 0.144. The number of esters is 1. The van der Waals surface area contributed by atoms with E-state index < -0.39 is 5.97 Å². The summed E-state index contributed by atoms with van der Waals surface area (Å²) >= 11 is 6.12. The van der Waals surface area contributed by atoms with Crippen LogP contribution in [0.25, 0.3) is 0 Å². The largest absolute Gasteiger partial charge is 0.457 e. The van der Waals surface area contributed by atoms with Gasteiger partial charge in [0.15, 0.2) is 0 Å². The topological polar surface area (TPSA) is 52.3 Å². The van der Waals surface area contributed by atoms with E-state index in [4.69, 9.17) is 22.1 Å². The Hall–Kier alpha value is -2.00. The Morgan fingerprint density at radius 3 is 2.52 bits per heavy atom. The summed E-state index contributed by atoms with van der Waals surface area (Å²) in [5.41, 5.74) is 10.6. The van der Waals surface area contributed by atoms with Crippen LogP contribution in [0.15, 0.2) is 30.3 Å². The first kappa shape index (κ1) is 15.4. The van der Waals surface area contributed by atoms with Gasteiger partial charge in [-0.3, -0.25) is 0 Å². The second-order valence-corrected chi connectivity index (χ2v) is 5.60. The number of aryl methyl sites for hydroxylation is 3. The number of hydrogen-bond acceptors (Lipinski definition) is 3. The highest BCUT2D eigenvalue weighted by atomic mass is 35.5. The number of carbonyl (C=O) groups excluding carboxylic acids is 1. The molecule has 21 heavy (non-hydrogen) atoms. The smallest absolute Gasteiger partial charge is 0.338 e. The van der Waals surface area contributed by atoms with Crippen LogP contribution >= 0.6 is 11.6 Å². The molecule has 2 aromatic rings. The SMILES string of the molecule is Cc1ccc(COC(=O)c2cc(N)c(C)cc2C)c(Cl)c1. The molecule has 2 rings (SSSR count). The number of nitrogen functional groups attached to an aromatic ring is 1. The van der Waals surface area contributed by atoms with Crippen LogP contribution in [-0.2, 0) is 11.3 Å².